The molecule has 55 heavy (non-hydrogen) atoms. The third-order valence-corrected chi connectivity index (χ3v) is 12.4. The number of nitrogens with zero attached hydrogens (tertiary/aromatic N) is 2. The lowest BCUT2D eigenvalue weighted by atomic mass is 9.87. The molecule has 3 aliphatic heterocycles. The lowest BCUT2D eigenvalue weighted by Crippen LogP contribution is -2.65. The van der Waals surface area contributed by atoms with E-state index in [1.165, 1.54) is 11.8 Å². The molecule has 2 fully saturated rings. The Labute approximate surface area is 333 Å². The molecule has 0 saturated carbocycles. The van der Waals surface area contributed by atoms with Crippen LogP contribution in [0.4, 0.5) is 0 Å². The van der Waals surface area contributed by atoms with Gasteiger partial charge in [0, 0.05) is 74.6 Å². The molecular formula is C38H60N8O7S2. The molecule has 0 aliphatic carbocycles. The molecule has 2 saturated heterocycles. The number of amides is 6. The molecular weight excluding hydrogens is 745 g/mol. The normalized spacial score (nSPS) is 25.0. The van der Waals surface area contributed by atoms with Gasteiger partial charge in [0.05, 0.1) is 17.9 Å². The summed E-state index contributed by atoms with van der Waals surface area (Å²) in [6, 6.07) is 2.76. The van der Waals surface area contributed by atoms with Gasteiger partial charge in [0.1, 0.15) is 23.7 Å². The van der Waals surface area contributed by atoms with Crippen LogP contribution in [0.5, 0.6) is 0 Å². The Morgan fingerprint density at radius 2 is 1.67 bits per heavy atom. The lowest BCUT2D eigenvalue weighted by Gasteiger charge is -2.38. The monoisotopic (exact) mass is 804 g/mol. The fraction of sp³-hybridized carbons (Fsp3) is 0.711. The number of pyridine rings is 1. The van der Waals surface area contributed by atoms with Crippen molar-refractivity contribution in [3.05, 3.63) is 29.6 Å². The first kappa shape index (κ1) is 44.3. The Morgan fingerprint density at radius 1 is 1.00 bits per heavy atom. The van der Waals surface area contributed by atoms with Crippen LogP contribution >= 0.6 is 23.5 Å². The zero-order chi connectivity index (χ0) is 40.0. The highest BCUT2D eigenvalue weighted by Crippen LogP contribution is 2.24. The fourth-order valence-electron chi connectivity index (χ4n) is 6.93. The van der Waals surface area contributed by atoms with Crippen molar-refractivity contribution in [2.45, 2.75) is 114 Å². The van der Waals surface area contributed by atoms with E-state index in [0.29, 0.717) is 56.0 Å². The average Bonchev–Trinajstić information content (AvgIpc) is 3.15. The summed E-state index contributed by atoms with van der Waals surface area (Å²) < 4.78 is 5.56. The molecule has 1 aromatic heterocycles. The molecule has 4 heterocycles. The van der Waals surface area contributed by atoms with Gasteiger partial charge >= 0.3 is 0 Å². The number of carbonyl (C=O) groups is 6. The molecule has 1 spiro atoms. The van der Waals surface area contributed by atoms with Crippen molar-refractivity contribution in [2.75, 3.05) is 44.4 Å². The van der Waals surface area contributed by atoms with Gasteiger partial charge in [0.25, 0.3) is 0 Å². The van der Waals surface area contributed by atoms with Crippen LogP contribution in [0.3, 0.4) is 0 Å². The van der Waals surface area contributed by atoms with Gasteiger partial charge in [0.2, 0.25) is 35.4 Å². The number of primary amides is 1. The summed E-state index contributed by atoms with van der Waals surface area (Å²) in [5, 5.41) is 14.9. The largest absolute Gasteiger partial charge is 0.381 e. The summed E-state index contributed by atoms with van der Waals surface area (Å²) in [6.45, 7) is 9.61. The highest BCUT2D eigenvalue weighted by Gasteiger charge is 2.43. The molecule has 6 amide bonds. The molecule has 7 N–H and O–H groups in total. The van der Waals surface area contributed by atoms with Crippen molar-refractivity contribution >= 4 is 59.0 Å². The second kappa shape index (κ2) is 21.8. The second-order valence-electron chi connectivity index (χ2n) is 15.3. The molecule has 17 heteroatoms. The predicted molar refractivity (Wildman–Crippen MR) is 214 cm³/mol. The van der Waals surface area contributed by atoms with Crippen LogP contribution in [0.25, 0.3) is 0 Å². The molecule has 306 valence electrons. The standard InChI is InChI=1S/C38H60N8O7S2/c1-5-25(4)33-36(51)42-30(35(50)41-26-9-14-46(15-10-26)20-31(39)47)23-55-22-28-8-6-7-27(40-28)21-54-18-11-32(48)45-38(12-16-53-17-13-38)37(52)43-29(19-24(2)3)34(49)44-33/h6-8,24-26,29-30,33H,5,9-23H2,1-4H3,(H2,39,47)(H,41,50)(H,42,51)(H,43,52)(H,44,49)(H,45,48)/t25-,29-,30-,33-/m0/s1. The van der Waals surface area contributed by atoms with Gasteiger partial charge in [-0.1, -0.05) is 40.2 Å². The number of carbonyl (C=O) groups excluding carboxylic acids is 6. The highest BCUT2D eigenvalue weighted by atomic mass is 32.2. The average molecular weight is 805 g/mol. The number of likely N-dealkylation sites (tertiary alicyclic amines) is 1. The Kier molecular flexibility index (Phi) is 17.5. The van der Waals surface area contributed by atoms with Crippen LogP contribution in [0.1, 0.15) is 84.0 Å². The van der Waals surface area contributed by atoms with Crippen LogP contribution in [0.15, 0.2) is 18.2 Å². The van der Waals surface area contributed by atoms with Crippen LogP contribution in [0, 0.1) is 11.8 Å². The molecule has 4 atom stereocenters. The first-order valence-corrected chi connectivity index (χ1v) is 21.8. The topological polar surface area (TPSA) is 214 Å². The van der Waals surface area contributed by atoms with Gasteiger partial charge in [-0.3, -0.25) is 38.7 Å². The maximum Gasteiger partial charge on any atom is 0.246 e. The zero-order valence-corrected chi connectivity index (χ0v) is 34.3. The van der Waals surface area contributed by atoms with Gasteiger partial charge in [-0.2, -0.15) is 23.5 Å². The molecule has 0 radical (unpaired) electrons. The van der Waals surface area contributed by atoms with E-state index in [2.05, 4.69) is 26.6 Å². The van der Waals surface area contributed by atoms with Crippen molar-refractivity contribution in [3.63, 3.8) is 0 Å². The molecule has 15 nitrogen and oxygen atoms in total. The Bertz CT molecular complexity index is 1490. The number of ether oxygens (including phenoxy) is 1. The zero-order valence-electron chi connectivity index (χ0n) is 32.7. The van der Waals surface area contributed by atoms with Gasteiger partial charge in [-0.25, -0.2) is 0 Å². The van der Waals surface area contributed by atoms with E-state index in [-0.39, 0.29) is 74.5 Å². The summed E-state index contributed by atoms with van der Waals surface area (Å²) in [7, 11) is 0. The first-order chi connectivity index (χ1) is 26.3. The van der Waals surface area contributed by atoms with E-state index < -0.39 is 47.3 Å². The molecule has 0 unspecified atom stereocenters. The van der Waals surface area contributed by atoms with E-state index in [0.717, 1.165) is 11.4 Å². The Morgan fingerprint density at radius 3 is 2.31 bits per heavy atom. The third-order valence-electron chi connectivity index (χ3n) is 10.4. The van der Waals surface area contributed by atoms with Crippen molar-refractivity contribution in [1.82, 2.24) is 36.5 Å². The fourth-order valence-corrected chi connectivity index (χ4v) is 8.73. The van der Waals surface area contributed by atoms with Crippen molar-refractivity contribution in [1.29, 1.82) is 0 Å². The van der Waals surface area contributed by atoms with Gasteiger partial charge < -0.3 is 37.1 Å². The van der Waals surface area contributed by atoms with E-state index >= 15 is 0 Å². The van der Waals surface area contributed by atoms with Crippen LogP contribution in [-0.4, -0.2) is 119 Å². The third kappa shape index (κ3) is 13.9. The van der Waals surface area contributed by atoms with E-state index in [1.807, 2.05) is 50.8 Å². The molecule has 0 aromatic carbocycles. The van der Waals surface area contributed by atoms with E-state index in [1.54, 1.807) is 11.8 Å². The quantitative estimate of drug-likeness (QED) is 0.220. The maximum atomic E-state index is 14.1. The maximum absolute atomic E-state index is 14.1. The number of fused-ring (bicyclic) bond motifs is 2. The van der Waals surface area contributed by atoms with Crippen molar-refractivity contribution in [3.8, 4) is 0 Å². The van der Waals surface area contributed by atoms with Gasteiger partial charge in [-0.15, -0.1) is 0 Å². The molecule has 1 aromatic rings. The Hall–Kier alpha value is -3.41. The van der Waals surface area contributed by atoms with Crippen molar-refractivity contribution in [2.24, 2.45) is 17.6 Å². The molecule has 2 bridgehead atoms. The molecule has 4 rings (SSSR count). The summed E-state index contributed by atoms with van der Waals surface area (Å²) in [6.07, 6.45) is 2.85. The van der Waals surface area contributed by atoms with E-state index in [9.17, 15) is 28.8 Å². The van der Waals surface area contributed by atoms with Gasteiger partial charge in [0.15, 0.2) is 0 Å². The van der Waals surface area contributed by atoms with Crippen LogP contribution < -0.4 is 32.3 Å². The van der Waals surface area contributed by atoms with Crippen LogP contribution in [0.2, 0.25) is 0 Å². The lowest BCUT2D eigenvalue weighted by molar-refractivity contribution is -0.140. The SMILES string of the molecule is CC[C@H](C)[C@@H]1NC(=O)[C@H](CC(C)C)NC(=O)C2(CCOCC2)NC(=O)CCSCc2cccc(n2)CSC[C@@H](C(=O)NC2CCN(CC(N)=O)CC2)NC1=O. The first-order valence-electron chi connectivity index (χ1n) is 19.5. The van der Waals surface area contributed by atoms with E-state index in [4.69, 9.17) is 15.5 Å². The highest BCUT2D eigenvalue weighted by molar-refractivity contribution is 7.98. The summed E-state index contributed by atoms with van der Waals surface area (Å²) in [5.41, 5.74) is 5.82. The summed E-state index contributed by atoms with van der Waals surface area (Å²) in [4.78, 5) is 87.6. The summed E-state index contributed by atoms with van der Waals surface area (Å²) >= 11 is 3.04. The Balaban J connectivity index is 1.60. The summed E-state index contributed by atoms with van der Waals surface area (Å²) in [5.74, 6) is -0.865. The number of thioether (sulfide) groups is 2. The minimum Gasteiger partial charge on any atom is -0.381 e. The number of nitrogens with one attached hydrogen (secondary N) is 5. The number of rotatable bonds is 8. The minimum atomic E-state index is -1.24. The van der Waals surface area contributed by atoms with Crippen LogP contribution in [-0.2, 0) is 45.0 Å². The van der Waals surface area contributed by atoms with Crippen molar-refractivity contribution < 1.29 is 33.5 Å². The van der Waals surface area contributed by atoms with Gasteiger partial charge in [-0.05, 0) is 43.2 Å². The molecule has 3 aliphatic rings. The smallest absolute Gasteiger partial charge is 0.246 e. The number of aromatic nitrogens is 1. The second-order valence-corrected chi connectivity index (χ2v) is 17.4. The number of piperidine rings is 1. The number of nitrogens with two attached hydrogens (primary N) is 1. The number of hydrogen-bond acceptors (Lipinski definition) is 11. The minimum absolute atomic E-state index is 0.0181. The predicted octanol–water partition coefficient (Wildman–Crippen LogP) is 1.23. The number of hydrogen-bond donors (Lipinski definition) is 6.